The van der Waals surface area contributed by atoms with E-state index in [4.69, 9.17) is 4.74 Å². The van der Waals surface area contributed by atoms with Crippen molar-refractivity contribution in [3.8, 4) is 0 Å². The van der Waals surface area contributed by atoms with Crippen LogP contribution in [0.5, 0.6) is 0 Å². The minimum absolute atomic E-state index is 0.675. The summed E-state index contributed by atoms with van der Waals surface area (Å²) in [4.78, 5) is 0. The van der Waals surface area contributed by atoms with Gasteiger partial charge < -0.3 is 4.74 Å². The molecule has 7 heavy (non-hydrogen) atoms. The van der Waals surface area contributed by atoms with E-state index in [9.17, 15) is 0 Å². The molecular formula is C5H12OSi. The fourth-order valence-corrected chi connectivity index (χ4v) is 1.55. The predicted molar refractivity (Wildman–Crippen MR) is 33.5 cm³/mol. The van der Waals surface area contributed by atoms with Gasteiger partial charge in [-0.2, -0.15) is 0 Å². The highest BCUT2D eigenvalue weighted by atomic mass is 28.1. The summed E-state index contributed by atoms with van der Waals surface area (Å²) in [6, 6.07) is 0. The van der Waals surface area contributed by atoms with E-state index in [2.05, 4.69) is 0 Å². The van der Waals surface area contributed by atoms with Crippen LogP contribution in [0.2, 0.25) is 0 Å². The van der Waals surface area contributed by atoms with Crippen molar-refractivity contribution < 1.29 is 4.74 Å². The molecule has 0 radical (unpaired) electrons. The molecule has 1 unspecified atom stereocenters. The molecule has 0 aliphatic carbocycles. The first-order chi connectivity index (χ1) is 3.39. The van der Waals surface area contributed by atoms with Gasteiger partial charge in [-0.25, -0.2) is 0 Å². The summed E-state index contributed by atoms with van der Waals surface area (Å²) < 4.78 is 5.34. The second-order valence-electron chi connectivity index (χ2n) is 2.18. The van der Waals surface area contributed by atoms with Gasteiger partial charge in [-0.15, -0.1) is 0 Å². The van der Waals surface area contributed by atoms with Crippen LogP contribution in [0.15, 0.2) is 0 Å². The van der Waals surface area contributed by atoms with Crippen LogP contribution < -0.4 is 0 Å². The molecule has 0 aromatic rings. The van der Waals surface area contributed by atoms with Crippen molar-refractivity contribution in [2.24, 2.45) is 0 Å². The maximum absolute atomic E-state index is 5.34. The van der Waals surface area contributed by atoms with Gasteiger partial charge >= 0.3 is 0 Å². The van der Waals surface area contributed by atoms with Gasteiger partial charge in [0.05, 0.1) is 0 Å². The fraction of sp³-hybridized carbons (Fsp3) is 1.00. The molecule has 2 heteroatoms. The summed E-state index contributed by atoms with van der Waals surface area (Å²) in [5, 5.41) is 0. The zero-order chi connectivity index (χ0) is 5.11. The molecule has 0 spiro atoms. The van der Waals surface area contributed by atoms with Crippen LogP contribution in [0, 0.1) is 0 Å². The average molecular weight is 116 g/mol. The van der Waals surface area contributed by atoms with Crippen molar-refractivity contribution in [2.75, 3.05) is 6.61 Å². The zero-order valence-corrected chi connectivity index (χ0v) is 6.81. The van der Waals surface area contributed by atoms with Crippen molar-refractivity contribution in [3.05, 3.63) is 0 Å². The van der Waals surface area contributed by atoms with Crippen LogP contribution in [-0.2, 0) is 4.74 Å². The lowest BCUT2D eigenvalue weighted by atomic mass is 10.2. The summed E-state index contributed by atoms with van der Waals surface area (Å²) in [6.07, 6.45) is 4.01. The molecule has 0 N–H and O–H groups in total. The molecule has 1 aliphatic heterocycles. The topological polar surface area (TPSA) is 9.23 Å². The Morgan fingerprint density at radius 2 is 2.29 bits per heavy atom. The lowest BCUT2D eigenvalue weighted by Gasteiger charge is -2.17. The van der Waals surface area contributed by atoms with E-state index in [1.54, 1.807) is 0 Å². The third-order valence-electron chi connectivity index (χ3n) is 1.41. The largest absolute Gasteiger partial charge is 0.383 e. The number of rotatable bonds is 0. The van der Waals surface area contributed by atoms with E-state index >= 15 is 0 Å². The first-order valence-corrected chi connectivity index (χ1v) is 4.16. The second kappa shape index (κ2) is 2.48. The standard InChI is InChI=1S/C5H12OSi/c7-5-3-1-2-4-6-5/h5H,1-4H2,7H3. The monoisotopic (exact) mass is 116 g/mol. The van der Waals surface area contributed by atoms with E-state index in [1.165, 1.54) is 29.5 Å². The van der Waals surface area contributed by atoms with Gasteiger partial charge in [-0.3, -0.25) is 0 Å². The van der Waals surface area contributed by atoms with Crippen LogP contribution in [0.25, 0.3) is 0 Å². The number of hydrogen-bond donors (Lipinski definition) is 0. The molecule has 1 nitrogen and oxygen atoms in total. The molecule has 0 bridgehead atoms. The van der Waals surface area contributed by atoms with Crippen molar-refractivity contribution in [2.45, 2.75) is 25.0 Å². The SMILES string of the molecule is [SiH3]C1CCCCO1. The molecule has 0 saturated carbocycles. The second-order valence-corrected chi connectivity index (χ2v) is 3.47. The Kier molecular flexibility index (Phi) is 1.88. The van der Waals surface area contributed by atoms with Gasteiger partial charge in [-0.1, -0.05) is 0 Å². The van der Waals surface area contributed by atoms with E-state index in [-0.39, 0.29) is 0 Å². The molecule has 1 saturated heterocycles. The Bertz CT molecular complexity index is 50.0. The van der Waals surface area contributed by atoms with E-state index in [0.29, 0.717) is 5.73 Å². The van der Waals surface area contributed by atoms with E-state index < -0.39 is 0 Å². The summed E-state index contributed by atoms with van der Waals surface area (Å²) >= 11 is 0. The Balaban J connectivity index is 2.12. The summed E-state index contributed by atoms with van der Waals surface area (Å²) in [7, 11) is 1.23. The van der Waals surface area contributed by atoms with E-state index in [1.807, 2.05) is 0 Å². The van der Waals surface area contributed by atoms with Gasteiger partial charge in [0.2, 0.25) is 0 Å². The predicted octanol–water partition coefficient (Wildman–Crippen LogP) is -0.122. The molecular weight excluding hydrogens is 104 g/mol. The fourth-order valence-electron chi connectivity index (χ4n) is 0.902. The Morgan fingerprint density at radius 3 is 2.57 bits per heavy atom. The molecule has 0 aromatic heterocycles. The molecule has 1 aliphatic rings. The zero-order valence-electron chi connectivity index (χ0n) is 4.81. The third-order valence-corrected chi connectivity index (χ3v) is 2.32. The molecule has 1 fully saturated rings. The van der Waals surface area contributed by atoms with Crippen molar-refractivity contribution in [1.82, 2.24) is 0 Å². The molecule has 42 valence electrons. The van der Waals surface area contributed by atoms with Crippen molar-refractivity contribution in [3.63, 3.8) is 0 Å². The van der Waals surface area contributed by atoms with Crippen LogP contribution in [0.1, 0.15) is 19.3 Å². The normalized spacial score (nSPS) is 33.4. The average Bonchev–Trinajstić information content (AvgIpc) is 1.69. The van der Waals surface area contributed by atoms with E-state index in [0.717, 1.165) is 6.61 Å². The summed E-state index contributed by atoms with van der Waals surface area (Å²) in [5.41, 5.74) is 0.675. The summed E-state index contributed by atoms with van der Waals surface area (Å²) in [5.74, 6) is 0. The highest BCUT2D eigenvalue weighted by Gasteiger charge is 2.05. The van der Waals surface area contributed by atoms with Crippen LogP contribution in [-0.4, -0.2) is 22.6 Å². The van der Waals surface area contributed by atoms with Gasteiger partial charge in [0.15, 0.2) is 0 Å². The Labute approximate surface area is 47.5 Å². The van der Waals surface area contributed by atoms with Crippen molar-refractivity contribution in [1.29, 1.82) is 0 Å². The van der Waals surface area contributed by atoms with Crippen molar-refractivity contribution >= 4 is 10.2 Å². The van der Waals surface area contributed by atoms with Crippen LogP contribution in [0.3, 0.4) is 0 Å². The molecule has 1 heterocycles. The smallest absolute Gasteiger partial charge is 0.0465 e. The van der Waals surface area contributed by atoms with Crippen LogP contribution >= 0.6 is 0 Å². The maximum atomic E-state index is 5.34. The number of hydrogen-bond acceptors (Lipinski definition) is 1. The third kappa shape index (κ3) is 1.61. The lowest BCUT2D eigenvalue weighted by Crippen LogP contribution is -2.18. The van der Waals surface area contributed by atoms with Gasteiger partial charge in [0.1, 0.15) is 0 Å². The first kappa shape index (κ1) is 5.32. The van der Waals surface area contributed by atoms with Crippen LogP contribution in [0.4, 0.5) is 0 Å². The molecule has 0 aromatic carbocycles. The maximum Gasteiger partial charge on any atom is 0.0465 e. The van der Waals surface area contributed by atoms with Gasteiger partial charge in [-0.05, 0) is 19.3 Å². The lowest BCUT2D eigenvalue weighted by molar-refractivity contribution is 0.0675. The Hall–Kier alpha value is 0.177. The minimum atomic E-state index is 0.675. The first-order valence-electron chi connectivity index (χ1n) is 3.01. The Morgan fingerprint density at radius 1 is 1.43 bits per heavy atom. The highest BCUT2D eigenvalue weighted by molar-refractivity contribution is 6.10. The van der Waals surface area contributed by atoms with Gasteiger partial charge in [0.25, 0.3) is 0 Å². The quantitative estimate of drug-likeness (QED) is 0.401. The minimum Gasteiger partial charge on any atom is -0.383 e. The molecule has 1 rings (SSSR count). The van der Waals surface area contributed by atoms with Gasteiger partial charge in [0, 0.05) is 22.6 Å². The number of ether oxygens (including phenoxy) is 1. The highest BCUT2D eigenvalue weighted by Crippen LogP contribution is 2.08. The molecule has 1 atom stereocenters. The molecule has 0 amide bonds. The summed E-state index contributed by atoms with van der Waals surface area (Å²) in [6.45, 7) is 1.02.